The van der Waals surface area contributed by atoms with Crippen molar-refractivity contribution in [1.82, 2.24) is 10.2 Å². The van der Waals surface area contributed by atoms with Gasteiger partial charge in [-0.1, -0.05) is 113 Å². The van der Waals surface area contributed by atoms with E-state index in [-0.39, 0.29) is 56.4 Å². The van der Waals surface area contributed by atoms with Crippen molar-refractivity contribution in [3.63, 3.8) is 0 Å². The number of carbonyl (C=O) groups is 5. The van der Waals surface area contributed by atoms with Gasteiger partial charge in [0.05, 0.1) is 19.4 Å². The van der Waals surface area contributed by atoms with Crippen molar-refractivity contribution in [3.8, 4) is 16.9 Å². The summed E-state index contributed by atoms with van der Waals surface area (Å²) < 4.78 is 39.8. The van der Waals surface area contributed by atoms with Crippen molar-refractivity contribution in [2.45, 2.75) is 110 Å². The van der Waals surface area contributed by atoms with Crippen LogP contribution in [0.5, 0.6) is 5.75 Å². The predicted molar refractivity (Wildman–Crippen MR) is 248 cm³/mol. The molecule has 2 unspecified atom stereocenters. The summed E-state index contributed by atoms with van der Waals surface area (Å²) in [6.45, 7) is 10.2. The van der Waals surface area contributed by atoms with Crippen molar-refractivity contribution in [2.24, 2.45) is 0 Å². The van der Waals surface area contributed by atoms with Gasteiger partial charge in [-0.2, -0.15) is 0 Å². The molecule has 2 aliphatic heterocycles. The zero-order valence-electron chi connectivity index (χ0n) is 38.7. The number of hydrogen-bond acceptors (Lipinski definition) is 12. The number of hydrogen-bond donors (Lipinski definition) is 2. The largest absolute Gasteiger partial charge is 0.467 e. The van der Waals surface area contributed by atoms with Gasteiger partial charge >= 0.3 is 24.1 Å². The van der Waals surface area contributed by atoms with E-state index in [4.69, 9.17) is 33.2 Å². The molecule has 3 amide bonds. The van der Waals surface area contributed by atoms with E-state index in [9.17, 15) is 24.0 Å². The number of methoxy groups -OCH3 is 1. The lowest BCUT2D eigenvalue weighted by Gasteiger charge is -2.33. The summed E-state index contributed by atoms with van der Waals surface area (Å²) >= 11 is 0. The van der Waals surface area contributed by atoms with Gasteiger partial charge < -0.3 is 43.8 Å². The molecule has 0 aromatic heterocycles. The molecule has 0 bridgehead atoms. The number of fused-ring (bicyclic) bond motifs is 3. The van der Waals surface area contributed by atoms with Crippen LogP contribution in [0.15, 0.2) is 97.1 Å². The summed E-state index contributed by atoms with van der Waals surface area (Å²) in [5.74, 6) is -1.60. The summed E-state index contributed by atoms with van der Waals surface area (Å²) in [6, 6.07) is 30.9. The van der Waals surface area contributed by atoms with Crippen LogP contribution in [-0.4, -0.2) is 93.1 Å². The number of amides is 3. The third-order valence-corrected chi connectivity index (χ3v) is 10.9. The molecule has 4 aromatic carbocycles. The van der Waals surface area contributed by atoms with Gasteiger partial charge in [0, 0.05) is 45.2 Å². The molecule has 0 spiro atoms. The fourth-order valence-corrected chi connectivity index (χ4v) is 7.99. The summed E-state index contributed by atoms with van der Waals surface area (Å²) in [5.41, 5.74) is 6.28. The lowest BCUT2D eigenvalue weighted by Crippen LogP contribution is -2.44. The van der Waals surface area contributed by atoms with E-state index in [1.807, 2.05) is 94.4 Å². The molecule has 4 aromatic rings. The van der Waals surface area contributed by atoms with Gasteiger partial charge in [-0.3, -0.25) is 14.5 Å². The van der Waals surface area contributed by atoms with Crippen LogP contribution in [-0.2, 0) is 55.8 Å². The van der Waals surface area contributed by atoms with Crippen molar-refractivity contribution in [2.75, 3.05) is 38.7 Å². The second-order valence-electron chi connectivity index (χ2n) is 15.2. The van der Waals surface area contributed by atoms with Crippen LogP contribution < -0.4 is 15.4 Å². The number of anilines is 1. The summed E-state index contributed by atoms with van der Waals surface area (Å²) in [5, 5.41) is 5.49. The van der Waals surface area contributed by atoms with Crippen molar-refractivity contribution in [3.05, 3.63) is 119 Å². The minimum Gasteiger partial charge on any atom is -0.467 e. The Balaban J connectivity index is 0.00000199. The smallest absolute Gasteiger partial charge is 0.412 e. The first kappa shape index (κ1) is 50.5. The third kappa shape index (κ3) is 14.0. The fraction of sp³-hybridized carbons (Fsp3) is 0.431. The average Bonchev–Trinajstić information content (AvgIpc) is 3.94. The van der Waals surface area contributed by atoms with Crippen LogP contribution >= 0.6 is 0 Å². The van der Waals surface area contributed by atoms with Gasteiger partial charge in [0.25, 0.3) is 0 Å². The first-order valence-electron chi connectivity index (χ1n) is 22.8. The summed E-state index contributed by atoms with van der Waals surface area (Å²) in [4.78, 5) is 65.3. The SMILES string of the molecule is CC.CC.COC(=O)[C@@H]1C[C@H](OC(C)=O)CC(Oc2ccc(COC(=O)N3CCCC3OCCc3ccccc3)cc2NC(=O)CCNC(=O)OCC2c3ccccc3-c3ccccc32)O1. The molecule has 15 nitrogen and oxygen atoms in total. The van der Waals surface area contributed by atoms with E-state index >= 15 is 0 Å². The van der Waals surface area contributed by atoms with Crippen LogP contribution in [0.25, 0.3) is 11.1 Å². The molecule has 15 heteroatoms. The molecule has 354 valence electrons. The summed E-state index contributed by atoms with van der Waals surface area (Å²) in [7, 11) is 1.22. The Labute approximate surface area is 387 Å². The molecule has 66 heavy (non-hydrogen) atoms. The standard InChI is InChI=1S/C47H51N3O12.2C2H6/c1-30(51)60-33-26-41(45(53)56-2)62-44(27-33)61-40-19-18-32(28-59-47(55)50-23-10-17-43(50)57-24-21-31-11-4-3-5-12-31)25-39(40)49-42(52)20-22-48-46(54)58-29-38-36-15-8-6-13-34(36)35-14-7-9-16-37(35)38;2*1-2/h3-9,11-16,18-19,25,33,38,41,43-44H,10,17,20-24,26-29H2,1-2H3,(H,48,54)(H,49,52);2*1-2H3/t33-,41-,43?,44?;;/m0../s1. The molecular weight excluding hydrogens is 847 g/mol. The molecule has 2 fully saturated rings. The number of ether oxygens (including phenoxy) is 7. The number of alkyl carbamates (subject to hydrolysis) is 1. The van der Waals surface area contributed by atoms with Crippen LogP contribution in [0, 0.1) is 0 Å². The van der Waals surface area contributed by atoms with Crippen LogP contribution in [0.1, 0.15) is 94.9 Å². The molecule has 2 saturated heterocycles. The van der Waals surface area contributed by atoms with Gasteiger partial charge in [-0.05, 0) is 64.8 Å². The minimum atomic E-state index is -1.07. The molecule has 4 atom stereocenters. The molecule has 7 rings (SSSR count). The van der Waals surface area contributed by atoms with E-state index in [1.54, 1.807) is 23.1 Å². The van der Waals surface area contributed by atoms with E-state index in [0.717, 1.165) is 34.2 Å². The first-order chi connectivity index (χ1) is 32.1. The van der Waals surface area contributed by atoms with Gasteiger partial charge in [0.1, 0.15) is 31.3 Å². The maximum atomic E-state index is 13.4. The monoisotopic (exact) mass is 909 g/mol. The normalized spacial score (nSPS) is 18.1. The zero-order chi connectivity index (χ0) is 47.4. The van der Waals surface area contributed by atoms with E-state index in [2.05, 4.69) is 22.8 Å². The fourth-order valence-electron chi connectivity index (χ4n) is 7.99. The predicted octanol–water partition coefficient (Wildman–Crippen LogP) is 8.91. The number of rotatable bonds is 16. The van der Waals surface area contributed by atoms with Crippen molar-refractivity contribution >= 4 is 35.7 Å². The van der Waals surface area contributed by atoms with Crippen LogP contribution in [0.4, 0.5) is 15.3 Å². The Morgan fingerprint density at radius 3 is 2.17 bits per heavy atom. The number of nitrogens with one attached hydrogen (secondary N) is 2. The summed E-state index contributed by atoms with van der Waals surface area (Å²) in [6.07, 6.45) is -2.20. The number of carbonyl (C=O) groups excluding carboxylic acids is 5. The average molecular weight is 910 g/mol. The maximum Gasteiger partial charge on any atom is 0.412 e. The highest BCUT2D eigenvalue weighted by Crippen LogP contribution is 2.44. The van der Waals surface area contributed by atoms with E-state index in [1.165, 1.54) is 14.0 Å². The molecular formula is C51H63N3O12. The Morgan fingerprint density at radius 2 is 1.48 bits per heavy atom. The van der Waals surface area contributed by atoms with Gasteiger partial charge in [0.2, 0.25) is 12.2 Å². The first-order valence-corrected chi connectivity index (χ1v) is 22.8. The second-order valence-corrected chi connectivity index (χ2v) is 15.2. The number of esters is 2. The number of benzene rings is 4. The Bertz CT molecular complexity index is 2170. The zero-order valence-corrected chi connectivity index (χ0v) is 38.7. The highest BCUT2D eigenvalue weighted by atomic mass is 16.7. The second kappa shape index (κ2) is 25.9. The molecule has 0 saturated carbocycles. The topological polar surface area (TPSA) is 177 Å². The lowest BCUT2D eigenvalue weighted by atomic mass is 9.98. The maximum absolute atomic E-state index is 13.4. The van der Waals surface area contributed by atoms with E-state index in [0.29, 0.717) is 31.6 Å². The highest BCUT2D eigenvalue weighted by Gasteiger charge is 2.38. The Hall–Kier alpha value is -6.45. The minimum absolute atomic E-state index is 0.0307. The van der Waals surface area contributed by atoms with Crippen molar-refractivity contribution < 1.29 is 57.1 Å². The van der Waals surface area contributed by atoms with Crippen molar-refractivity contribution in [1.29, 1.82) is 0 Å². The third-order valence-electron chi connectivity index (χ3n) is 10.9. The van der Waals surface area contributed by atoms with Gasteiger partial charge in [-0.25, -0.2) is 14.4 Å². The number of nitrogens with zero attached hydrogens (tertiary/aromatic N) is 1. The van der Waals surface area contributed by atoms with E-state index < -0.39 is 54.8 Å². The lowest BCUT2D eigenvalue weighted by molar-refractivity contribution is -0.204. The molecule has 2 N–H and O–H groups in total. The Morgan fingerprint density at radius 1 is 0.803 bits per heavy atom. The van der Waals surface area contributed by atoms with Crippen LogP contribution in [0.3, 0.4) is 0 Å². The van der Waals surface area contributed by atoms with Gasteiger partial charge in [0.15, 0.2) is 6.10 Å². The van der Waals surface area contributed by atoms with Gasteiger partial charge in [-0.15, -0.1) is 0 Å². The molecule has 0 radical (unpaired) electrons. The highest BCUT2D eigenvalue weighted by molar-refractivity contribution is 5.92. The molecule has 1 aliphatic carbocycles. The quantitative estimate of drug-likeness (QED) is 0.0808. The Kier molecular flexibility index (Phi) is 19.8. The van der Waals surface area contributed by atoms with Crippen LogP contribution in [0.2, 0.25) is 0 Å². The molecule has 3 aliphatic rings. The molecule has 2 heterocycles. The number of likely N-dealkylation sites (tertiary alicyclic amines) is 1.